The molecule has 0 saturated heterocycles. The van der Waals surface area contributed by atoms with Gasteiger partial charge in [-0.25, -0.2) is 0 Å². The average molecular weight is 792 g/mol. The van der Waals surface area contributed by atoms with Crippen molar-refractivity contribution in [2.24, 2.45) is 0 Å². The summed E-state index contributed by atoms with van der Waals surface area (Å²) in [6.07, 6.45) is 33.1. The quantitative estimate of drug-likeness (QED) is 0.0466. The number of hydrogen-bond donors (Lipinski definition) is 0. The summed E-state index contributed by atoms with van der Waals surface area (Å²) in [5.74, 6) is 2.44. The van der Waals surface area contributed by atoms with Crippen LogP contribution in [0.3, 0.4) is 0 Å². The Kier molecular flexibility index (Phi) is 24.5. The Labute approximate surface area is 334 Å². The van der Waals surface area contributed by atoms with Crippen LogP contribution in [0.1, 0.15) is 193 Å². The number of unbranched alkanes of at least 4 members (excludes halogenated alkanes) is 21. The van der Waals surface area contributed by atoms with Gasteiger partial charge in [0.2, 0.25) is 5.75 Å². The topological polar surface area (TPSA) is 27.7 Å². The summed E-state index contributed by atoms with van der Waals surface area (Å²) in [6.45, 7) is 11.1. The number of ether oxygens (including phenoxy) is 3. The van der Waals surface area contributed by atoms with Crippen LogP contribution in [0.2, 0.25) is 0 Å². The summed E-state index contributed by atoms with van der Waals surface area (Å²) in [5.41, 5.74) is 3.51. The van der Waals surface area contributed by atoms with Crippen molar-refractivity contribution in [2.45, 2.75) is 182 Å². The number of allylic oxidation sites excluding steroid dienone is 1. The van der Waals surface area contributed by atoms with E-state index in [9.17, 15) is 0 Å². The van der Waals surface area contributed by atoms with Crippen molar-refractivity contribution < 1.29 is 14.2 Å². The summed E-state index contributed by atoms with van der Waals surface area (Å²) in [4.78, 5) is 0. The molecular formula is C49H75BrO3. The molecule has 0 amide bonds. The second-order valence-electron chi connectivity index (χ2n) is 15.3. The normalized spacial score (nSPS) is 11.8. The number of hydrogen-bond acceptors (Lipinski definition) is 3. The molecule has 0 fully saturated rings. The molecule has 0 saturated carbocycles. The highest BCUT2D eigenvalue weighted by atomic mass is 79.9. The van der Waals surface area contributed by atoms with Gasteiger partial charge in [-0.1, -0.05) is 202 Å². The number of rotatable bonds is 32. The molecular weight excluding hydrogens is 716 g/mol. The summed E-state index contributed by atoms with van der Waals surface area (Å²) in [7, 11) is 0. The van der Waals surface area contributed by atoms with Crippen molar-refractivity contribution in [3.63, 3.8) is 0 Å². The Morgan fingerprint density at radius 2 is 0.943 bits per heavy atom. The lowest BCUT2D eigenvalue weighted by Crippen LogP contribution is -2.07. The van der Waals surface area contributed by atoms with E-state index in [1.165, 1.54) is 157 Å². The zero-order chi connectivity index (χ0) is 37.8. The molecule has 0 aromatic heterocycles. The highest BCUT2D eigenvalue weighted by Gasteiger charge is 2.17. The number of fused-ring (bicyclic) bond motifs is 1. The second kappa shape index (κ2) is 28.9. The summed E-state index contributed by atoms with van der Waals surface area (Å²) in [6, 6.07) is 17.4. The van der Waals surface area contributed by atoms with Gasteiger partial charge in [-0.3, -0.25) is 0 Å². The fraction of sp³-hybridized carbons (Fsp3) is 0.633. The lowest BCUT2D eigenvalue weighted by Gasteiger charge is -2.19. The first-order valence-electron chi connectivity index (χ1n) is 22.0. The molecule has 53 heavy (non-hydrogen) atoms. The van der Waals surface area contributed by atoms with Crippen LogP contribution >= 0.6 is 15.9 Å². The predicted molar refractivity (Wildman–Crippen MR) is 236 cm³/mol. The van der Waals surface area contributed by atoms with E-state index in [0.717, 1.165) is 46.5 Å². The Morgan fingerprint density at radius 1 is 0.509 bits per heavy atom. The Bertz CT molecular complexity index is 1370. The van der Waals surface area contributed by atoms with Gasteiger partial charge < -0.3 is 14.2 Å². The zero-order valence-electron chi connectivity index (χ0n) is 34.4. The fourth-order valence-electron chi connectivity index (χ4n) is 7.12. The van der Waals surface area contributed by atoms with E-state index < -0.39 is 0 Å². The smallest absolute Gasteiger partial charge is 0.203 e. The molecule has 0 aliphatic rings. The molecule has 296 valence electrons. The standard InChI is InChI=1S/C49H75BrO3/c1-5-8-11-14-17-20-23-26-34-51-47-38-44(41(4)37-43-31-29-30-42-32-33-45(50)40-46(42)43)39-48(52-35-27-24-21-18-15-12-9-6-2)49(47)53-36-28-25-22-19-16-13-10-7-3/h29-33,37-40H,5-28,34-36H2,1-4H3/b41-37+. The van der Waals surface area contributed by atoms with Gasteiger partial charge in [0.1, 0.15) is 0 Å². The van der Waals surface area contributed by atoms with Crippen LogP contribution in [0.15, 0.2) is 53.0 Å². The van der Waals surface area contributed by atoms with E-state index in [1.54, 1.807) is 0 Å². The highest BCUT2D eigenvalue weighted by Crippen LogP contribution is 2.42. The van der Waals surface area contributed by atoms with Crippen LogP contribution in [0.5, 0.6) is 17.2 Å². The Morgan fingerprint density at radius 3 is 1.42 bits per heavy atom. The molecule has 4 heteroatoms. The number of benzene rings is 3. The third-order valence-electron chi connectivity index (χ3n) is 10.5. The Hall–Kier alpha value is -2.46. The number of halogens is 1. The summed E-state index contributed by atoms with van der Waals surface area (Å²) >= 11 is 3.69. The molecule has 0 aliphatic carbocycles. The molecule has 3 nitrogen and oxygen atoms in total. The fourth-order valence-corrected chi connectivity index (χ4v) is 7.48. The molecule has 0 heterocycles. The SMILES string of the molecule is CCCCCCCCCCOc1cc(/C(C)=C/c2cccc3ccc(Br)cc23)cc(OCCCCCCCCCC)c1OCCCCCCCCCC. The van der Waals surface area contributed by atoms with Crippen molar-refractivity contribution >= 4 is 38.4 Å². The molecule has 0 aliphatic heterocycles. The molecule has 0 unspecified atom stereocenters. The largest absolute Gasteiger partial charge is 0.490 e. The van der Waals surface area contributed by atoms with Crippen LogP contribution < -0.4 is 14.2 Å². The molecule has 3 aromatic carbocycles. The van der Waals surface area contributed by atoms with E-state index in [-0.39, 0.29) is 0 Å². The second-order valence-corrected chi connectivity index (χ2v) is 16.2. The van der Waals surface area contributed by atoms with E-state index in [4.69, 9.17) is 14.2 Å². The van der Waals surface area contributed by atoms with Crippen LogP contribution in [-0.2, 0) is 0 Å². The van der Waals surface area contributed by atoms with Gasteiger partial charge in [0, 0.05) is 4.47 Å². The van der Waals surface area contributed by atoms with Gasteiger partial charge in [-0.05, 0) is 77.9 Å². The summed E-state index contributed by atoms with van der Waals surface area (Å²) in [5, 5.41) is 2.48. The molecule has 0 N–H and O–H groups in total. The van der Waals surface area contributed by atoms with Gasteiger partial charge >= 0.3 is 0 Å². The van der Waals surface area contributed by atoms with Crippen molar-refractivity contribution in [2.75, 3.05) is 19.8 Å². The van der Waals surface area contributed by atoms with E-state index >= 15 is 0 Å². The van der Waals surface area contributed by atoms with Crippen molar-refractivity contribution in [3.05, 3.63) is 64.1 Å². The zero-order valence-corrected chi connectivity index (χ0v) is 36.0. The lowest BCUT2D eigenvalue weighted by molar-refractivity contribution is 0.234. The van der Waals surface area contributed by atoms with Crippen molar-refractivity contribution in [1.29, 1.82) is 0 Å². The average Bonchev–Trinajstić information content (AvgIpc) is 3.16. The van der Waals surface area contributed by atoms with Crippen LogP contribution in [0, 0.1) is 0 Å². The first-order valence-corrected chi connectivity index (χ1v) is 22.8. The van der Waals surface area contributed by atoms with Gasteiger partial charge in [-0.15, -0.1) is 0 Å². The molecule has 0 radical (unpaired) electrons. The monoisotopic (exact) mass is 790 g/mol. The first-order chi connectivity index (χ1) is 26.1. The van der Waals surface area contributed by atoms with Crippen LogP contribution in [-0.4, -0.2) is 19.8 Å². The first kappa shape index (κ1) is 44.9. The maximum atomic E-state index is 6.64. The van der Waals surface area contributed by atoms with E-state index in [1.807, 2.05) is 0 Å². The minimum Gasteiger partial charge on any atom is -0.490 e. The third kappa shape index (κ3) is 18.6. The molecule has 0 spiro atoms. The van der Waals surface area contributed by atoms with Crippen molar-refractivity contribution in [3.8, 4) is 17.2 Å². The van der Waals surface area contributed by atoms with Gasteiger partial charge in [0.25, 0.3) is 0 Å². The Balaban J connectivity index is 1.79. The maximum absolute atomic E-state index is 6.64. The van der Waals surface area contributed by atoms with Gasteiger partial charge in [-0.2, -0.15) is 0 Å². The molecule has 0 bridgehead atoms. The van der Waals surface area contributed by atoms with Gasteiger partial charge in [0.15, 0.2) is 11.5 Å². The predicted octanol–water partition coefficient (Wildman–Crippen LogP) is 16.7. The maximum Gasteiger partial charge on any atom is 0.203 e. The minimum atomic E-state index is 0.691. The highest BCUT2D eigenvalue weighted by molar-refractivity contribution is 9.10. The molecule has 3 rings (SSSR count). The van der Waals surface area contributed by atoms with E-state index in [0.29, 0.717) is 19.8 Å². The summed E-state index contributed by atoms with van der Waals surface area (Å²) < 4.78 is 21.0. The lowest BCUT2D eigenvalue weighted by atomic mass is 9.99. The van der Waals surface area contributed by atoms with E-state index in [2.05, 4.69) is 98.2 Å². The minimum absolute atomic E-state index is 0.691. The van der Waals surface area contributed by atoms with Crippen molar-refractivity contribution in [1.82, 2.24) is 0 Å². The third-order valence-corrected chi connectivity index (χ3v) is 11.0. The van der Waals surface area contributed by atoms with Crippen LogP contribution in [0.25, 0.3) is 22.4 Å². The van der Waals surface area contributed by atoms with Gasteiger partial charge in [0.05, 0.1) is 19.8 Å². The molecule has 3 aromatic rings. The molecule has 0 atom stereocenters. The van der Waals surface area contributed by atoms with Crippen LogP contribution in [0.4, 0.5) is 0 Å².